The zero-order valence-electron chi connectivity index (χ0n) is 20.6. The SMILES string of the molecule is Cc1ccc(CC(=O)C2(c3ccc4c(c3)OCO4)CC2)cc1-c1ccc(S(=O)(=O)N[C@H](CO)C(=O)O)cc1. The van der Waals surface area contributed by atoms with E-state index in [1.54, 1.807) is 12.1 Å². The zero-order valence-corrected chi connectivity index (χ0v) is 21.5. The minimum Gasteiger partial charge on any atom is -0.480 e. The molecule has 10 heteroatoms. The number of ketones is 1. The van der Waals surface area contributed by atoms with Gasteiger partial charge in [-0.25, -0.2) is 8.42 Å². The van der Waals surface area contributed by atoms with Crippen LogP contribution >= 0.6 is 0 Å². The van der Waals surface area contributed by atoms with Gasteiger partial charge in [-0.05, 0) is 71.8 Å². The molecule has 1 aliphatic heterocycles. The lowest BCUT2D eigenvalue weighted by atomic mass is 9.87. The first kappa shape index (κ1) is 25.9. The molecular formula is C28H27NO8S. The summed E-state index contributed by atoms with van der Waals surface area (Å²) in [6, 6.07) is 15.9. The minimum atomic E-state index is -4.14. The molecule has 0 amide bonds. The van der Waals surface area contributed by atoms with E-state index in [0.717, 1.165) is 40.7 Å². The molecule has 2 aliphatic rings. The van der Waals surface area contributed by atoms with E-state index < -0.39 is 34.1 Å². The number of ether oxygens (including phenoxy) is 2. The molecule has 1 fully saturated rings. The summed E-state index contributed by atoms with van der Waals surface area (Å²) in [6.07, 6.45) is 1.83. The third-order valence-corrected chi connectivity index (χ3v) is 8.62. The van der Waals surface area contributed by atoms with E-state index in [1.165, 1.54) is 12.1 Å². The van der Waals surface area contributed by atoms with Crippen LogP contribution in [0.5, 0.6) is 11.5 Å². The normalized spacial score (nSPS) is 16.2. The maximum atomic E-state index is 13.4. The Hall–Kier alpha value is -3.73. The maximum absolute atomic E-state index is 13.4. The van der Waals surface area contributed by atoms with Gasteiger partial charge < -0.3 is 19.7 Å². The van der Waals surface area contributed by atoms with E-state index in [2.05, 4.69) is 0 Å². The number of Topliss-reactive ketones (excluding diaryl/α,β-unsaturated/α-hetero) is 1. The summed E-state index contributed by atoms with van der Waals surface area (Å²) in [5.74, 6) is 0.0105. The highest BCUT2D eigenvalue weighted by Gasteiger charge is 2.50. The van der Waals surface area contributed by atoms with Gasteiger partial charge in [0, 0.05) is 6.42 Å². The minimum absolute atomic E-state index is 0.121. The molecule has 0 radical (unpaired) electrons. The van der Waals surface area contributed by atoms with Gasteiger partial charge >= 0.3 is 5.97 Å². The molecule has 5 rings (SSSR count). The van der Waals surface area contributed by atoms with Crippen LogP contribution in [0.2, 0.25) is 0 Å². The molecule has 9 nitrogen and oxygen atoms in total. The number of aryl methyl sites for hydroxylation is 1. The standard InChI is InChI=1S/C28H27NO8S/c1-17-2-3-18(13-26(31)28(10-11-28)20-6-9-24-25(14-20)37-16-36-24)12-22(17)19-4-7-21(8-5-19)38(34,35)29-23(15-30)27(32)33/h2-9,12,14,23,29-30H,10-11,13,15-16H2,1H3,(H,32,33)/t23-/m1/s1. The van der Waals surface area contributed by atoms with Crippen molar-refractivity contribution in [2.45, 2.75) is 42.5 Å². The van der Waals surface area contributed by atoms with Crippen LogP contribution in [0.4, 0.5) is 0 Å². The summed E-state index contributed by atoms with van der Waals surface area (Å²) < 4.78 is 37.9. The predicted octanol–water partition coefficient (Wildman–Crippen LogP) is 2.96. The summed E-state index contributed by atoms with van der Waals surface area (Å²) in [4.78, 5) is 24.4. The van der Waals surface area contributed by atoms with Crippen LogP contribution in [-0.4, -0.2) is 49.8 Å². The molecule has 1 saturated carbocycles. The Kier molecular flexibility index (Phi) is 6.72. The number of aliphatic carboxylic acids is 1. The second kappa shape index (κ2) is 9.86. The van der Waals surface area contributed by atoms with E-state index in [-0.39, 0.29) is 23.9 Å². The van der Waals surface area contributed by atoms with Crippen molar-refractivity contribution in [1.82, 2.24) is 4.72 Å². The van der Waals surface area contributed by atoms with Crippen LogP contribution in [0.15, 0.2) is 65.6 Å². The average molecular weight is 538 g/mol. The van der Waals surface area contributed by atoms with Gasteiger partial charge in [0.25, 0.3) is 0 Å². The highest BCUT2D eigenvalue weighted by molar-refractivity contribution is 7.89. The number of aliphatic hydroxyl groups is 1. The Morgan fingerprint density at radius 3 is 2.37 bits per heavy atom. The van der Waals surface area contributed by atoms with E-state index in [9.17, 15) is 18.0 Å². The molecular weight excluding hydrogens is 510 g/mol. The number of benzene rings is 3. The molecule has 0 aromatic heterocycles. The van der Waals surface area contributed by atoms with Gasteiger partial charge in [-0.2, -0.15) is 4.72 Å². The number of rotatable bonds is 10. The highest BCUT2D eigenvalue weighted by atomic mass is 32.2. The van der Waals surface area contributed by atoms with Gasteiger partial charge in [0.1, 0.15) is 11.8 Å². The van der Waals surface area contributed by atoms with E-state index in [4.69, 9.17) is 19.7 Å². The summed E-state index contributed by atoms with van der Waals surface area (Å²) in [6.45, 7) is 1.25. The fraction of sp³-hybridized carbons (Fsp3) is 0.286. The van der Waals surface area contributed by atoms with Crippen LogP contribution < -0.4 is 14.2 Å². The van der Waals surface area contributed by atoms with Crippen molar-refractivity contribution in [3.8, 4) is 22.6 Å². The maximum Gasteiger partial charge on any atom is 0.324 e. The molecule has 1 heterocycles. The first-order valence-corrected chi connectivity index (χ1v) is 13.6. The first-order valence-electron chi connectivity index (χ1n) is 12.1. The summed E-state index contributed by atoms with van der Waals surface area (Å²) in [5, 5.41) is 18.2. The van der Waals surface area contributed by atoms with Gasteiger partial charge in [0.2, 0.25) is 16.8 Å². The predicted molar refractivity (Wildman–Crippen MR) is 138 cm³/mol. The Morgan fingerprint density at radius 2 is 1.71 bits per heavy atom. The van der Waals surface area contributed by atoms with Crippen molar-refractivity contribution in [1.29, 1.82) is 0 Å². The zero-order chi connectivity index (χ0) is 27.1. The van der Waals surface area contributed by atoms with Gasteiger partial charge in [-0.3, -0.25) is 9.59 Å². The van der Waals surface area contributed by atoms with Crippen molar-refractivity contribution < 1.29 is 37.7 Å². The van der Waals surface area contributed by atoms with Crippen molar-refractivity contribution in [3.05, 3.63) is 77.4 Å². The number of carbonyl (C=O) groups is 2. The van der Waals surface area contributed by atoms with Crippen molar-refractivity contribution in [2.75, 3.05) is 13.4 Å². The lowest BCUT2D eigenvalue weighted by molar-refractivity contribution is -0.139. The van der Waals surface area contributed by atoms with Crippen molar-refractivity contribution in [2.24, 2.45) is 0 Å². The lowest BCUT2D eigenvalue weighted by Crippen LogP contribution is -2.43. The third-order valence-electron chi connectivity index (χ3n) is 7.13. The van der Waals surface area contributed by atoms with Gasteiger partial charge in [-0.1, -0.05) is 36.4 Å². The summed E-state index contributed by atoms with van der Waals surface area (Å²) >= 11 is 0. The number of sulfonamides is 1. The Bertz CT molecular complexity index is 1510. The number of carboxylic acids is 1. The van der Waals surface area contributed by atoms with E-state index >= 15 is 0 Å². The van der Waals surface area contributed by atoms with Gasteiger partial charge in [0.15, 0.2) is 11.5 Å². The number of carboxylic acid groups (broad SMARTS) is 1. The van der Waals surface area contributed by atoms with Crippen LogP contribution in [0, 0.1) is 6.92 Å². The number of nitrogens with one attached hydrogen (secondary N) is 1. The third kappa shape index (κ3) is 4.90. The molecule has 0 spiro atoms. The molecule has 1 aliphatic carbocycles. The van der Waals surface area contributed by atoms with Gasteiger partial charge in [0.05, 0.1) is 16.9 Å². The number of hydrogen-bond acceptors (Lipinski definition) is 7. The lowest BCUT2D eigenvalue weighted by Gasteiger charge is -2.16. The number of carbonyl (C=O) groups excluding carboxylic acids is 1. The fourth-order valence-corrected chi connectivity index (χ4v) is 5.91. The Labute approximate surface area is 220 Å². The molecule has 0 saturated heterocycles. The van der Waals surface area contributed by atoms with Crippen molar-refractivity contribution >= 4 is 21.8 Å². The number of hydrogen-bond donors (Lipinski definition) is 3. The molecule has 1 atom stereocenters. The van der Waals surface area contributed by atoms with Crippen LogP contribution in [0.25, 0.3) is 11.1 Å². The van der Waals surface area contributed by atoms with E-state index in [0.29, 0.717) is 11.5 Å². The molecule has 3 N–H and O–H groups in total. The largest absolute Gasteiger partial charge is 0.480 e. The highest BCUT2D eigenvalue weighted by Crippen LogP contribution is 2.51. The number of fused-ring (bicyclic) bond motifs is 1. The smallest absolute Gasteiger partial charge is 0.324 e. The van der Waals surface area contributed by atoms with Crippen LogP contribution in [-0.2, 0) is 31.4 Å². The van der Waals surface area contributed by atoms with Gasteiger partial charge in [-0.15, -0.1) is 0 Å². The molecule has 38 heavy (non-hydrogen) atoms. The Balaban J connectivity index is 1.34. The second-order valence-corrected chi connectivity index (χ2v) is 11.3. The molecule has 3 aromatic carbocycles. The van der Waals surface area contributed by atoms with Crippen molar-refractivity contribution in [3.63, 3.8) is 0 Å². The quantitative estimate of drug-likeness (QED) is 0.359. The van der Waals surface area contributed by atoms with Crippen LogP contribution in [0.3, 0.4) is 0 Å². The number of aliphatic hydroxyl groups excluding tert-OH is 1. The molecule has 0 unspecified atom stereocenters. The fourth-order valence-electron chi connectivity index (χ4n) is 4.73. The van der Waals surface area contributed by atoms with Crippen LogP contribution in [0.1, 0.15) is 29.5 Å². The molecule has 0 bridgehead atoms. The monoisotopic (exact) mass is 537 g/mol. The molecule has 3 aromatic rings. The summed E-state index contributed by atoms with van der Waals surface area (Å²) in [5.41, 5.74) is 3.85. The Morgan fingerprint density at radius 1 is 1.00 bits per heavy atom. The first-order chi connectivity index (χ1) is 18.1. The van der Waals surface area contributed by atoms with E-state index in [1.807, 2.05) is 48.0 Å². The second-order valence-electron chi connectivity index (χ2n) is 9.62. The average Bonchev–Trinajstić information content (AvgIpc) is 3.59. The summed E-state index contributed by atoms with van der Waals surface area (Å²) in [7, 11) is -4.14. The molecule has 198 valence electrons. The topological polar surface area (TPSA) is 139 Å².